The predicted octanol–water partition coefficient (Wildman–Crippen LogP) is 0.895. The molecule has 0 amide bonds. The smallest absolute Gasteiger partial charge is 0.270 e. The van der Waals surface area contributed by atoms with Crippen LogP contribution in [0.4, 0.5) is 5.69 Å². The summed E-state index contributed by atoms with van der Waals surface area (Å²) in [6.07, 6.45) is -1.44. The van der Waals surface area contributed by atoms with Gasteiger partial charge in [-0.3, -0.25) is 15.0 Å². The Morgan fingerprint density at radius 1 is 1.39 bits per heavy atom. The molecular weight excluding hydrogens is 304 g/mol. The van der Waals surface area contributed by atoms with Crippen LogP contribution in [-0.4, -0.2) is 45.3 Å². The van der Waals surface area contributed by atoms with E-state index >= 15 is 0 Å². The van der Waals surface area contributed by atoms with Gasteiger partial charge >= 0.3 is 0 Å². The van der Waals surface area contributed by atoms with Gasteiger partial charge in [-0.15, -0.1) is 0 Å². The number of hydrogen-bond donors (Lipinski definition) is 2. The van der Waals surface area contributed by atoms with Crippen molar-refractivity contribution in [2.75, 3.05) is 13.1 Å². The molecule has 98 valence electrons. The lowest BCUT2D eigenvalue weighted by atomic mass is 10.2. The molecule has 0 radical (unpaired) electrons. The fourth-order valence-corrected chi connectivity index (χ4v) is 2.49. The molecule has 0 unspecified atom stereocenters. The van der Waals surface area contributed by atoms with Gasteiger partial charge in [0.05, 0.1) is 17.1 Å². The van der Waals surface area contributed by atoms with E-state index in [0.717, 1.165) is 5.56 Å². The molecule has 2 atom stereocenters. The second-order valence-corrected chi connectivity index (χ2v) is 5.22. The minimum Gasteiger partial charge on any atom is -0.389 e. The SMILES string of the molecule is O=[N+]([O-])c1ccc(CN2C[C@@H](O)[C@@H](O)C2)c(Br)c1. The van der Waals surface area contributed by atoms with Gasteiger partial charge in [-0.1, -0.05) is 15.9 Å². The summed E-state index contributed by atoms with van der Waals surface area (Å²) in [7, 11) is 0. The molecule has 1 fully saturated rings. The summed E-state index contributed by atoms with van der Waals surface area (Å²) in [4.78, 5) is 12.1. The van der Waals surface area contributed by atoms with Gasteiger partial charge in [0, 0.05) is 36.2 Å². The van der Waals surface area contributed by atoms with Gasteiger partial charge in [-0.25, -0.2) is 0 Å². The highest BCUT2D eigenvalue weighted by Crippen LogP contribution is 2.25. The summed E-state index contributed by atoms with van der Waals surface area (Å²) in [5.41, 5.74) is 0.925. The van der Waals surface area contributed by atoms with Crippen molar-refractivity contribution >= 4 is 21.6 Å². The molecule has 2 rings (SSSR count). The van der Waals surface area contributed by atoms with Crippen LogP contribution in [0.25, 0.3) is 0 Å². The molecule has 1 heterocycles. The highest BCUT2D eigenvalue weighted by molar-refractivity contribution is 9.10. The van der Waals surface area contributed by atoms with Gasteiger partial charge in [0.2, 0.25) is 0 Å². The van der Waals surface area contributed by atoms with Crippen LogP contribution in [0.15, 0.2) is 22.7 Å². The van der Waals surface area contributed by atoms with Gasteiger partial charge in [0.15, 0.2) is 0 Å². The van der Waals surface area contributed by atoms with Crippen molar-refractivity contribution in [3.05, 3.63) is 38.3 Å². The largest absolute Gasteiger partial charge is 0.389 e. The Labute approximate surface area is 112 Å². The summed E-state index contributed by atoms with van der Waals surface area (Å²) in [6.45, 7) is 1.35. The molecule has 0 bridgehead atoms. The van der Waals surface area contributed by atoms with Crippen molar-refractivity contribution in [2.45, 2.75) is 18.8 Å². The number of rotatable bonds is 3. The second-order valence-electron chi connectivity index (χ2n) is 4.36. The van der Waals surface area contributed by atoms with Crippen LogP contribution < -0.4 is 0 Å². The molecule has 2 N–H and O–H groups in total. The lowest BCUT2D eigenvalue weighted by Gasteiger charge is -2.15. The molecule has 1 aliphatic rings. The molecule has 1 aromatic carbocycles. The summed E-state index contributed by atoms with van der Waals surface area (Å²) in [5.74, 6) is 0. The third kappa shape index (κ3) is 2.86. The van der Waals surface area contributed by atoms with Crippen LogP contribution in [0.3, 0.4) is 0 Å². The van der Waals surface area contributed by atoms with Crippen LogP contribution in [0.5, 0.6) is 0 Å². The quantitative estimate of drug-likeness (QED) is 0.639. The number of nitro benzene ring substituents is 1. The van der Waals surface area contributed by atoms with Crippen molar-refractivity contribution in [3.8, 4) is 0 Å². The van der Waals surface area contributed by atoms with E-state index in [0.29, 0.717) is 24.1 Å². The minimum absolute atomic E-state index is 0.0344. The molecule has 0 aromatic heterocycles. The van der Waals surface area contributed by atoms with Crippen LogP contribution >= 0.6 is 15.9 Å². The molecule has 0 aliphatic carbocycles. The Morgan fingerprint density at radius 2 is 2.00 bits per heavy atom. The van der Waals surface area contributed by atoms with Crippen molar-refractivity contribution < 1.29 is 15.1 Å². The van der Waals surface area contributed by atoms with E-state index in [-0.39, 0.29) is 5.69 Å². The van der Waals surface area contributed by atoms with E-state index in [1.54, 1.807) is 6.07 Å². The molecule has 0 saturated carbocycles. The van der Waals surface area contributed by atoms with Gasteiger partial charge in [-0.2, -0.15) is 0 Å². The number of likely N-dealkylation sites (tertiary alicyclic amines) is 1. The highest BCUT2D eigenvalue weighted by atomic mass is 79.9. The number of non-ortho nitro benzene ring substituents is 1. The van der Waals surface area contributed by atoms with Crippen molar-refractivity contribution in [1.82, 2.24) is 4.90 Å². The van der Waals surface area contributed by atoms with E-state index < -0.39 is 17.1 Å². The average molecular weight is 317 g/mol. The number of benzene rings is 1. The van der Waals surface area contributed by atoms with Crippen LogP contribution in [0, 0.1) is 10.1 Å². The first-order chi connectivity index (χ1) is 8.47. The first-order valence-corrected chi connectivity index (χ1v) is 6.28. The summed E-state index contributed by atoms with van der Waals surface area (Å²) >= 11 is 3.30. The van der Waals surface area contributed by atoms with Gasteiger partial charge in [0.1, 0.15) is 0 Å². The van der Waals surface area contributed by atoms with Crippen molar-refractivity contribution in [1.29, 1.82) is 0 Å². The molecular formula is C11H13BrN2O4. The van der Waals surface area contributed by atoms with E-state index in [9.17, 15) is 20.3 Å². The maximum absolute atomic E-state index is 10.6. The molecule has 0 spiro atoms. The van der Waals surface area contributed by atoms with E-state index in [1.165, 1.54) is 12.1 Å². The summed E-state index contributed by atoms with van der Waals surface area (Å²) in [5, 5.41) is 29.5. The van der Waals surface area contributed by atoms with Gasteiger partial charge in [-0.05, 0) is 11.6 Å². The summed E-state index contributed by atoms with van der Waals surface area (Å²) in [6, 6.07) is 4.58. The first kappa shape index (κ1) is 13.4. The zero-order valence-corrected chi connectivity index (χ0v) is 11.1. The van der Waals surface area contributed by atoms with E-state index in [1.807, 2.05) is 4.90 Å². The number of hydrogen-bond acceptors (Lipinski definition) is 5. The normalized spacial score (nSPS) is 24.4. The summed E-state index contributed by atoms with van der Waals surface area (Å²) < 4.78 is 0.660. The average Bonchev–Trinajstić information content (AvgIpc) is 2.61. The zero-order chi connectivity index (χ0) is 13.3. The monoisotopic (exact) mass is 316 g/mol. The Morgan fingerprint density at radius 3 is 2.50 bits per heavy atom. The molecule has 7 heteroatoms. The first-order valence-electron chi connectivity index (χ1n) is 5.48. The topological polar surface area (TPSA) is 86.8 Å². The molecule has 1 aromatic rings. The van der Waals surface area contributed by atoms with Gasteiger partial charge in [0.25, 0.3) is 5.69 Å². The fraction of sp³-hybridized carbons (Fsp3) is 0.455. The van der Waals surface area contributed by atoms with Crippen LogP contribution in [0.1, 0.15) is 5.56 Å². The van der Waals surface area contributed by atoms with Crippen molar-refractivity contribution in [2.24, 2.45) is 0 Å². The Kier molecular flexibility index (Phi) is 3.96. The number of nitro groups is 1. The lowest BCUT2D eigenvalue weighted by Crippen LogP contribution is -2.22. The van der Waals surface area contributed by atoms with E-state index in [4.69, 9.17) is 0 Å². The number of halogens is 1. The maximum Gasteiger partial charge on any atom is 0.270 e. The standard InChI is InChI=1S/C11H13BrN2O4/c12-9-3-8(14(17)18)2-1-7(9)4-13-5-10(15)11(16)6-13/h1-3,10-11,15-16H,4-6H2/t10-,11+. The number of aliphatic hydroxyl groups is 2. The maximum atomic E-state index is 10.6. The third-order valence-electron chi connectivity index (χ3n) is 2.98. The number of nitrogens with zero attached hydrogens (tertiary/aromatic N) is 2. The Balaban J connectivity index is 2.08. The lowest BCUT2D eigenvalue weighted by molar-refractivity contribution is -0.384. The predicted molar refractivity (Wildman–Crippen MR) is 68.1 cm³/mol. The van der Waals surface area contributed by atoms with E-state index in [2.05, 4.69) is 15.9 Å². The minimum atomic E-state index is -0.721. The fourth-order valence-electron chi connectivity index (χ4n) is 1.99. The third-order valence-corrected chi connectivity index (χ3v) is 3.71. The molecule has 6 nitrogen and oxygen atoms in total. The second kappa shape index (κ2) is 5.31. The molecule has 18 heavy (non-hydrogen) atoms. The van der Waals surface area contributed by atoms with Crippen LogP contribution in [0.2, 0.25) is 0 Å². The number of aliphatic hydroxyl groups excluding tert-OH is 2. The Hall–Kier alpha value is -1.02. The highest BCUT2D eigenvalue weighted by Gasteiger charge is 2.29. The molecule has 1 saturated heterocycles. The number of β-amino-alcohol motifs (C(OH)–C–C–N with tert-alkyl or cyclic N) is 2. The van der Waals surface area contributed by atoms with Gasteiger partial charge < -0.3 is 10.2 Å². The van der Waals surface area contributed by atoms with Crippen LogP contribution in [-0.2, 0) is 6.54 Å². The zero-order valence-electron chi connectivity index (χ0n) is 9.49. The van der Waals surface area contributed by atoms with Crippen molar-refractivity contribution in [3.63, 3.8) is 0 Å². The molecule has 1 aliphatic heterocycles. The Bertz CT molecular complexity index is 458.